The van der Waals surface area contributed by atoms with E-state index in [1.54, 1.807) is 36.8 Å². The molecule has 2 aromatic heterocycles. The van der Waals surface area contributed by atoms with Gasteiger partial charge in [-0.05, 0) is 48.2 Å². The molecule has 0 aliphatic carbocycles. The maximum atomic E-state index is 9.33. The molecular weight excluding hydrogens is 358 g/mol. The van der Waals surface area contributed by atoms with Gasteiger partial charge >= 0.3 is 0 Å². The van der Waals surface area contributed by atoms with E-state index in [2.05, 4.69) is 16.0 Å². The zero-order valence-corrected chi connectivity index (χ0v) is 16.2. The van der Waals surface area contributed by atoms with Crippen LogP contribution in [0.2, 0.25) is 0 Å². The van der Waals surface area contributed by atoms with Crippen molar-refractivity contribution in [2.75, 3.05) is 18.6 Å². The Hall–Kier alpha value is -3.04. The number of hydrogen-bond donors (Lipinski definition) is 0. The predicted molar refractivity (Wildman–Crippen MR) is 107 cm³/mol. The smallest absolute Gasteiger partial charge is 0.161 e. The molecule has 0 atom stereocenters. The van der Waals surface area contributed by atoms with Crippen LogP contribution < -0.4 is 14.4 Å². The maximum Gasteiger partial charge on any atom is 0.161 e. The molecule has 3 rings (SSSR count). The Morgan fingerprint density at radius 3 is 2.78 bits per heavy atom. The average Bonchev–Trinajstić information content (AvgIpc) is 3.24. The third-order valence-corrected chi connectivity index (χ3v) is 4.99. The average molecular weight is 379 g/mol. The molecule has 6 heteroatoms. The Balaban J connectivity index is 1.77. The van der Waals surface area contributed by atoms with E-state index in [0.717, 1.165) is 17.0 Å². The molecule has 1 aromatic carbocycles. The van der Waals surface area contributed by atoms with Crippen molar-refractivity contribution in [2.45, 2.75) is 20.1 Å². The number of methoxy groups -OCH3 is 1. The summed E-state index contributed by atoms with van der Waals surface area (Å²) < 4.78 is 11.4. The van der Waals surface area contributed by atoms with Gasteiger partial charge < -0.3 is 14.4 Å². The molecule has 0 amide bonds. The summed E-state index contributed by atoms with van der Waals surface area (Å²) in [4.78, 5) is 7.62. The molecule has 0 unspecified atom stereocenters. The van der Waals surface area contributed by atoms with Gasteiger partial charge in [-0.1, -0.05) is 12.1 Å². The molecule has 0 fully saturated rings. The lowest BCUT2D eigenvalue weighted by atomic mass is 10.1. The van der Waals surface area contributed by atoms with Gasteiger partial charge in [0.25, 0.3) is 0 Å². The van der Waals surface area contributed by atoms with Crippen LogP contribution in [0, 0.1) is 11.3 Å². The zero-order valence-electron chi connectivity index (χ0n) is 15.4. The standard InChI is InChI=1S/C21H21N3O2S/c1-3-24(21-17(13-22)6-4-10-23-21)14-16-8-9-19(20(12-16)25-2)26-15-18-7-5-11-27-18/h4-12H,3,14-15H2,1-2H3. The van der Waals surface area contributed by atoms with Crippen molar-refractivity contribution in [3.05, 3.63) is 70.0 Å². The summed E-state index contributed by atoms with van der Waals surface area (Å²) in [5.74, 6) is 2.11. The van der Waals surface area contributed by atoms with Crippen LogP contribution in [-0.4, -0.2) is 18.6 Å². The molecule has 3 aromatic rings. The van der Waals surface area contributed by atoms with E-state index >= 15 is 0 Å². The molecule has 0 bridgehead atoms. The first-order chi connectivity index (χ1) is 13.2. The molecule has 0 aliphatic rings. The molecule has 27 heavy (non-hydrogen) atoms. The van der Waals surface area contributed by atoms with E-state index in [9.17, 15) is 5.26 Å². The number of rotatable bonds is 8. The lowest BCUT2D eigenvalue weighted by Crippen LogP contribution is -2.24. The highest BCUT2D eigenvalue weighted by Crippen LogP contribution is 2.30. The van der Waals surface area contributed by atoms with Crippen LogP contribution in [0.4, 0.5) is 5.82 Å². The Morgan fingerprint density at radius 1 is 1.19 bits per heavy atom. The molecule has 5 nitrogen and oxygen atoms in total. The molecule has 0 spiro atoms. The molecule has 0 N–H and O–H groups in total. The summed E-state index contributed by atoms with van der Waals surface area (Å²) in [7, 11) is 1.64. The number of aromatic nitrogens is 1. The van der Waals surface area contributed by atoms with Gasteiger partial charge in [0.15, 0.2) is 11.5 Å². The topological polar surface area (TPSA) is 58.4 Å². The minimum absolute atomic E-state index is 0.522. The van der Waals surface area contributed by atoms with Crippen LogP contribution in [0.5, 0.6) is 11.5 Å². The summed E-state index contributed by atoms with van der Waals surface area (Å²) >= 11 is 1.67. The van der Waals surface area contributed by atoms with Gasteiger partial charge in [0.2, 0.25) is 0 Å². The number of hydrogen-bond acceptors (Lipinski definition) is 6. The molecule has 2 heterocycles. The highest BCUT2D eigenvalue weighted by molar-refractivity contribution is 7.09. The number of nitriles is 1. The number of anilines is 1. The lowest BCUT2D eigenvalue weighted by molar-refractivity contribution is 0.287. The molecule has 0 saturated carbocycles. The van der Waals surface area contributed by atoms with E-state index in [4.69, 9.17) is 9.47 Å². The minimum Gasteiger partial charge on any atom is -0.493 e. The van der Waals surface area contributed by atoms with E-state index in [0.29, 0.717) is 36.0 Å². The highest BCUT2D eigenvalue weighted by Gasteiger charge is 2.13. The van der Waals surface area contributed by atoms with E-state index in [-0.39, 0.29) is 0 Å². The third kappa shape index (κ3) is 4.57. The fraction of sp³-hybridized carbons (Fsp3) is 0.238. The van der Waals surface area contributed by atoms with Gasteiger partial charge in [0.05, 0.1) is 12.7 Å². The number of ether oxygens (including phenoxy) is 2. The molecule has 0 radical (unpaired) electrons. The first kappa shape index (κ1) is 18.7. The Kier molecular flexibility index (Phi) is 6.29. The van der Waals surface area contributed by atoms with Gasteiger partial charge in [0, 0.05) is 24.2 Å². The normalized spacial score (nSPS) is 10.3. The van der Waals surface area contributed by atoms with Gasteiger partial charge in [-0.15, -0.1) is 11.3 Å². The van der Waals surface area contributed by atoms with Crippen molar-refractivity contribution in [3.8, 4) is 17.6 Å². The minimum atomic E-state index is 0.522. The summed E-state index contributed by atoms with van der Waals surface area (Å²) in [6, 6.07) is 15.7. The number of nitrogens with zero attached hydrogens (tertiary/aromatic N) is 3. The Morgan fingerprint density at radius 2 is 2.07 bits per heavy atom. The molecule has 0 saturated heterocycles. The van der Waals surface area contributed by atoms with Crippen molar-refractivity contribution in [2.24, 2.45) is 0 Å². The van der Waals surface area contributed by atoms with Crippen LogP contribution in [0.1, 0.15) is 22.9 Å². The summed E-state index contributed by atoms with van der Waals surface area (Å²) in [6.07, 6.45) is 1.71. The van der Waals surface area contributed by atoms with Gasteiger partial charge in [-0.3, -0.25) is 0 Å². The predicted octanol–water partition coefficient (Wildman–Crippen LogP) is 4.63. The second-order valence-corrected chi connectivity index (χ2v) is 6.89. The van der Waals surface area contributed by atoms with Crippen molar-refractivity contribution >= 4 is 17.2 Å². The Bertz CT molecular complexity index is 919. The number of pyridine rings is 1. The molecule has 138 valence electrons. The second kappa shape index (κ2) is 9.06. The fourth-order valence-corrected chi connectivity index (χ4v) is 3.38. The van der Waals surface area contributed by atoms with Crippen LogP contribution in [0.25, 0.3) is 0 Å². The third-order valence-electron chi connectivity index (χ3n) is 4.14. The molecule has 0 aliphatic heterocycles. The number of benzene rings is 1. The first-order valence-electron chi connectivity index (χ1n) is 8.67. The lowest BCUT2D eigenvalue weighted by Gasteiger charge is -2.23. The van der Waals surface area contributed by atoms with E-state index < -0.39 is 0 Å². The van der Waals surface area contributed by atoms with Gasteiger partial charge in [-0.2, -0.15) is 5.26 Å². The van der Waals surface area contributed by atoms with Crippen molar-refractivity contribution in [3.63, 3.8) is 0 Å². The van der Waals surface area contributed by atoms with E-state index in [1.165, 1.54) is 0 Å². The fourth-order valence-electron chi connectivity index (χ4n) is 2.77. The van der Waals surface area contributed by atoms with Crippen molar-refractivity contribution in [1.82, 2.24) is 4.98 Å². The van der Waals surface area contributed by atoms with Crippen molar-refractivity contribution < 1.29 is 9.47 Å². The summed E-state index contributed by atoms with van der Waals surface area (Å²) in [6.45, 7) is 3.94. The Labute approximate surface area is 163 Å². The van der Waals surface area contributed by atoms with E-state index in [1.807, 2.05) is 42.6 Å². The van der Waals surface area contributed by atoms with Crippen LogP contribution in [0.3, 0.4) is 0 Å². The van der Waals surface area contributed by atoms with Crippen LogP contribution >= 0.6 is 11.3 Å². The van der Waals surface area contributed by atoms with Crippen molar-refractivity contribution in [1.29, 1.82) is 5.26 Å². The highest BCUT2D eigenvalue weighted by atomic mass is 32.1. The maximum absolute atomic E-state index is 9.33. The van der Waals surface area contributed by atoms with Crippen LogP contribution in [-0.2, 0) is 13.2 Å². The quantitative estimate of drug-likeness (QED) is 0.571. The van der Waals surface area contributed by atoms with Gasteiger partial charge in [0.1, 0.15) is 18.5 Å². The SMILES string of the molecule is CCN(Cc1ccc(OCc2cccs2)c(OC)c1)c1ncccc1C#N. The summed E-state index contributed by atoms with van der Waals surface area (Å²) in [5.41, 5.74) is 1.63. The number of thiophene rings is 1. The monoisotopic (exact) mass is 379 g/mol. The zero-order chi connectivity index (χ0) is 19.1. The second-order valence-electron chi connectivity index (χ2n) is 5.85. The molecular formula is C21H21N3O2S. The van der Waals surface area contributed by atoms with Gasteiger partial charge in [-0.25, -0.2) is 4.98 Å². The largest absolute Gasteiger partial charge is 0.493 e. The summed E-state index contributed by atoms with van der Waals surface area (Å²) in [5, 5.41) is 11.4. The first-order valence-corrected chi connectivity index (χ1v) is 9.55. The van der Waals surface area contributed by atoms with Crippen LogP contribution in [0.15, 0.2) is 54.0 Å².